The Bertz CT molecular complexity index is 1220. The summed E-state index contributed by atoms with van der Waals surface area (Å²) in [5.74, 6) is -0.204. The fourth-order valence-corrected chi connectivity index (χ4v) is 9.60. The third kappa shape index (κ3) is 54.3. The number of quaternary nitrogens is 1. The predicted octanol–water partition coefficient (Wildman–Crippen LogP) is 17.5. The Kier molecular flexibility index (Phi) is 50.7. The summed E-state index contributed by atoms with van der Waals surface area (Å²) in [7, 11) is 1.25. The van der Waals surface area contributed by atoms with Crippen LogP contribution in [-0.4, -0.2) is 68.5 Å². The van der Waals surface area contributed by atoms with Crippen LogP contribution in [0.4, 0.5) is 0 Å². The number of aliphatic hydroxyl groups is 1. The molecule has 0 aliphatic heterocycles. The Morgan fingerprint density at radius 1 is 0.493 bits per heavy atom. The molecule has 0 radical (unpaired) electrons. The van der Waals surface area contributed by atoms with Crippen LogP contribution in [0.5, 0.6) is 0 Å². The molecule has 2 N–H and O–H groups in total. The smallest absolute Gasteiger partial charge is 0.268 e. The zero-order chi connectivity index (χ0) is 50.6. The molecule has 408 valence electrons. The van der Waals surface area contributed by atoms with Crippen molar-refractivity contribution in [2.24, 2.45) is 0 Å². The van der Waals surface area contributed by atoms with Gasteiger partial charge in [-0.2, -0.15) is 0 Å². The number of likely N-dealkylation sites (N-methyl/N-ethyl adjacent to an activating group) is 1. The Labute approximate surface area is 429 Å². The predicted molar refractivity (Wildman–Crippen MR) is 298 cm³/mol. The maximum Gasteiger partial charge on any atom is 0.268 e. The minimum Gasteiger partial charge on any atom is -0.756 e. The zero-order valence-corrected chi connectivity index (χ0v) is 47.4. The third-order valence-electron chi connectivity index (χ3n) is 13.6. The van der Waals surface area contributed by atoms with Gasteiger partial charge in [0, 0.05) is 6.42 Å². The first-order chi connectivity index (χ1) is 33.5. The highest BCUT2D eigenvalue weighted by Gasteiger charge is 2.23. The number of nitrogens with zero attached hydrogens (tertiary/aromatic N) is 1. The Morgan fingerprint density at radius 3 is 1.17 bits per heavy atom. The zero-order valence-electron chi connectivity index (χ0n) is 46.5. The van der Waals surface area contributed by atoms with Crippen molar-refractivity contribution in [3.63, 3.8) is 0 Å². The topological polar surface area (TPSA) is 108 Å². The molecule has 0 aromatic carbocycles. The Hall–Kier alpha value is -1.28. The number of allylic oxidation sites excluding steroid dienone is 5. The molecule has 0 bridgehead atoms. The van der Waals surface area contributed by atoms with Gasteiger partial charge in [-0.1, -0.05) is 262 Å². The fraction of sp³-hybridized carbons (Fsp3) is 0.883. The summed E-state index contributed by atoms with van der Waals surface area (Å²) in [5.41, 5.74) is 0. The second kappa shape index (κ2) is 51.6. The van der Waals surface area contributed by atoms with Crippen molar-refractivity contribution >= 4 is 13.7 Å². The SMILES string of the molecule is CCCCCCCCCCCCCC/C=C\CCCCCCCCCCCCCC(=O)NC(COP(=O)([O-])OCC[N+](C)(C)C)C(O)/C=C/CC/C=C/CCCCCCCCCCCCCCCC. The summed E-state index contributed by atoms with van der Waals surface area (Å²) in [6.45, 7) is 4.67. The number of aliphatic hydroxyl groups excluding tert-OH is 1. The number of carbonyl (C=O) groups excluding carboxylic acids is 1. The molecule has 9 heteroatoms. The molecule has 3 unspecified atom stereocenters. The van der Waals surface area contributed by atoms with Crippen molar-refractivity contribution in [2.45, 2.75) is 302 Å². The Morgan fingerprint density at radius 2 is 0.812 bits per heavy atom. The number of rotatable bonds is 55. The van der Waals surface area contributed by atoms with Crippen LogP contribution >= 0.6 is 7.82 Å². The van der Waals surface area contributed by atoms with Crippen molar-refractivity contribution in [2.75, 3.05) is 40.9 Å². The lowest BCUT2D eigenvalue weighted by atomic mass is 10.0. The largest absolute Gasteiger partial charge is 0.756 e. The van der Waals surface area contributed by atoms with Gasteiger partial charge < -0.3 is 28.8 Å². The lowest BCUT2D eigenvalue weighted by Crippen LogP contribution is -2.45. The lowest BCUT2D eigenvalue weighted by Gasteiger charge is -2.29. The van der Waals surface area contributed by atoms with Gasteiger partial charge in [-0.3, -0.25) is 9.36 Å². The molecule has 0 aliphatic rings. The minimum absolute atomic E-state index is 0.00564. The molecule has 0 fully saturated rings. The number of amides is 1. The standard InChI is InChI=1S/C60H117N2O6P/c1-6-8-10-12-14-16-18-20-22-24-26-28-29-30-31-32-33-34-36-38-40-42-44-46-48-50-52-54-60(64)61-58(57-68-69(65,66)67-56-55-62(3,4)5)59(63)53-51-49-47-45-43-41-39-37-35-27-25-23-21-19-17-15-13-11-9-7-2/h30-31,43,45,51,53,58-59,63H,6-29,32-42,44,46-50,52,54-57H2,1-5H3,(H-,61,64,65,66)/b31-30-,45-43+,53-51+. The van der Waals surface area contributed by atoms with Gasteiger partial charge in [0.1, 0.15) is 13.2 Å². The van der Waals surface area contributed by atoms with E-state index in [1.165, 1.54) is 231 Å². The van der Waals surface area contributed by atoms with Gasteiger partial charge in [-0.25, -0.2) is 0 Å². The number of hydrogen-bond donors (Lipinski definition) is 2. The van der Waals surface area contributed by atoms with E-state index in [4.69, 9.17) is 9.05 Å². The minimum atomic E-state index is -4.60. The van der Waals surface area contributed by atoms with Crippen molar-refractivity contribution in [3.05, 3.63) is 36.5 Å². The van der Waals surface area contributed by atoms with E-state index in [9.17, 15) is 19.4 Å². The average Bonchev–Trinajstić information content (AvgIpc) is 3.31. The second-order valence-corrected chi connectivity index (χ2v) is 23.1. The third-order valence-corrected chi connectivity index (χ3v) is 14.5. The van der Waals surface area contributed by atoms with E-state index in [2.05, 4.69) is 43.5 Å². The molecule has 8 nitrogen and oxygen atoms in total. The van der Waals surface area contributed by atoms with E-state index in [-0.39, 0.29) is 12.5 Å². The molecule has 0 aliphatic carbocycles. The molecule has 0 saturated carbocycles. The first-order valence-corrected chi connectivity index (χ1v) is 31.3. The average molecular weight is 994 g/mol. The van der Waals surface area contributed by atoms with E-state index in [1.807, 2.05) is 27.2 Å². The highest BCUT2D eigenvalue weighted by Crippen LogP contribution is 2.38. The maximum atomic E-state index is 13.0. The molecule has 0 aromatic heterocycles. The van der Waals surface area contributed by atoms with E-state index in [0.717, 1.165) is 38.5 Å². The van der Waals surface area contributed by atoms with Gasteiger partial charge in [-0.05, 0) is 57.8 Å². The number of phosphoric acid groups is 1. The summed E-state index contributed by atoms with van der Waals surface area (Å²) in [6, 6.07) is -0.903. The van der Waals surface area contributed by atoms with Gasteiger partial charge in [0.15, 0.2) is 0 Å². The summed E-state index contributed by atoms with van der Waals surface area (Å²) in [4.78, 5) is 25.5. The maximum absolute atomic E-state index is 13.0. The van der Waals surface area contributed by atoms with Crippen molar-refractivity contribution in [1.82, 2.24) is 5.32 Å². The number of phosphoric ester groups is 1. The van der Waals surface area contributed by atoms with Crippen LogP contribution in [0, 0.1) is 0 Å². The van der Waals surface area contributed by atoms with Crippen LogP contribution in [-0.2, 0) is 18.4 Å². The van der Waals surface area contributed by atoms with Crippen molar-refractivity contribution in [3.8, 4) is 0 Å². The number of carbonyl (C=O) groups is 1. The van der Waals surface area contributed by atoms with Crippen molar-refractivity contribution < 1.29 is 32.9 Å². The van der Waals surface area contributed by atoms with Gasteiger partial charge >= 0.3 is 0 Å². The van der Waals surface area contributed by atoms with E-state index < -0.39 is 26.6 Å². The molecule has 0 saturated heterocycles. The van der Waals surface area contributed by atoms with Gasteiger partial charge in [-0.15, -0.1) is 0 Å². The van der Waals surface area contributed by atoms with E-state index >= 15 is 0 Å². The molecule has 3 atom stereocenters. The molecule has 69 heavy (non-hydrogen) atoms. The molecule has 1 amide bonds. The lowest BCUT2D eigenvalue weighted by molar-refractivity contribution is -0.870. The number of nitrogens with one attached hydrogen (secondary N) is 1. The quantitative estimate of drug-likeness (QED) is 0.0272. The molecule has 0 spiro atoms. The summed E-state index contributed by atoms with van der Waals surface area (Å²) >= 11 is 0. The van der Waals surface area contributed by atoms with Crippen LogP contribution in [0.1, 0.15) is 290 Å². The highest BCUT2D eigenvalue weighted by atomic mass is 31.2. The van der Waals surface area contributed by atoms with E-state index in [1.54, 1.807) is 6.08 Å². The van der Waals surface area contributed by atoms with Crippen molar-refractivity contribution in [1.29, 1.82) is 0 Å². The van der Waals surface area contributed by atoms with Gasteiger partial charge in [0.2, 0.25) is 5.91 Å². The molecule has 0 aromatic rings. The van der Waals surface area contributed by atoms with Crippen LogP contribution in [0.3, 0.4) is 0 Å². The van der Waals surface area contributed by atoms with E-state index in [0.29, 0.717) is 17.4 Å². The molecule has 0 rings (SSSR count). The first-order valence-electron chi connectivity index (χ1n) is 29.9. The molecule has 0 heterocycles. The molecular weight excluding hydrogens is 876 g/mol. The van der Waals surface area contributed by atoms with Crippen LogP contribution < -0.4 is 10.2 Å². The monoisotopic (exact) mass is 993 g/mol. The number of hydrogen-bond acceptors (Lipinski definition) is 6. The second-order valence-electron chi connectivity index (χ2n) is 21.7. The fourth-order valence-electron chi connectivity index (χ4n) is 8.87. The summed E-state index contributed by atoms with van der Waals surface area (Å²) < 4.78 is 23.3. The van der Waals surface area contributed by atoms with Crippen LogP contribution in [0.15, 0.2) is 36.5 Å². The van der Waals surface area contributed by atoms with Crippen LogP contribution in [0.25, 0.3) is 0 Å². The highest BCUT2D eigenvalue weighted by molar-refractivity contribution is 7.45. The van der Waals surface area contributed by atoms with Gasteiger partial charge in [0.05, 0.1) is 39.9 Å². The summed E-state index contributed by atoms with van der Waals surface area (Å²) in [6.07, 6.45) is 66.6. The van der Waals surface area contributed by atoms with Gasteiger partial charge in [0.25, 0.3) is 7.82 Å². The number of unbranched alkanes of at least 4 members (excludes halogenated alkanes) is 38. The Balaban J connectivity index is 4.19. The molecular formula is C60H117N2O6P. The normalized spacial score (nSPS) is 14.1. The first kappa shape index (κ1) is 67.7. The van der Waals surface area contributed by atoms with Crippen LogP contribution in [0.2, 0.25) is 0 Å². The summed E-state index contributed by atoms with van der Waals surface area (Å²) in [5, 5.41) is 13.9.